The topological polar surface area (TPSA) is 67.6 Å². The second-order valence-corrected chi connectivity index (χ2v) is 2.80. The van der Waals surface area contributed by atoms with Crippen molar-refractivity contribution >= 4 is 6.09 Å². The number of amides is 1. The Morgan fingerprint density at radius 3 is 2.85 bits per heavy atom. The number of hydrogen-bond acceptors (Lipinski definition) is 4. The predicted molar refractivity (Wildman–Crippen MR) is 49.1 cm³/mol. The average Bonchev–Trinajstić information content (AvgIpc) is 2.14. The molecule has 0 unspecified atom stereocenters. The zero-order chi connectivity index (χ0) is 9.52. The van der Waals surface area contributed by atoms with Crippen LogP contribution in [0.1, 0.15) is 0 Å². The van der Waals surface area contributed by atoms with Crippen LogP contribution < -0.4 is 11.1 Å². The number of carbonyl (C=O) groups excluding carboxylic acids is 1. The van der Waals surface area contributed by atoms with Gasteiger partial charge in [-0.1, -0.05) is 0 Å². The van der Waals surface area contributed by atoms with Gasteiger partial charge in [0.25, 0.3) is 0 Å². The fourth-order valence-electron chi connectivity index (χ4n) is 1.15. The van der Waals surface area contributed by atoms with E-state index in [0.717, 1.165) is 26.2 Å². The third-order valence-electron chi connectivity index (χ3n) is 1.79. The second-order valence-electron chi connectivity index (χ2n) is 2.80. The van der Waals surface area contributed by atoms with E-state index in [9.17, 15) is 4.79 Å². The summed E-state index contributed by atoms with van der Waals surface area (Å²) in [4.78, 5) is 12.4. The van der Waals surface area contributed by atoms with E-state index >= 15 is 0 Å². The lowest BCUT2D eigenvalue weighted by Gasteiger charge is -2.25. The van der Waals surface area contributed by atoms with Crippen LogP contribution in [-0.4, -0.2) is 43.8 Å². The SMILES string of the molecule is NC(=O)OCC=CN1CCNCC1. The van der Waals surface area contributed by atoms with Crippen LogP contribution in [0.2, 0.25) is 0 Å². The molecule has 1 rings (SSSR count). The number of ether oxygens (including phenoxy) is 1. The summed E-state index contributed by atoms with van der Waals surface area (Å²) in [6.07, 6.45) is 2.99. The zero-order valence-electron chi connectivity index (χ0n) is 7.53. The van der Waals surface area contributed by atoms with Crippen molar-refractivity contribution in [2.24, 2.45) is 5.73 Å². The van der Waals surface area contributed by atoms with Gasteiger partial charge in [-0.2, -0.15) is 0 Å². The van der Waals surface area contributed by atoms with Crippen LogP contribution >= 0.6 is 0 Å². The fourth-order valence-corrected chi connectivity index (χ4v) is 1.15. The van der Waals surface area contributed by atoms with Crippen molar-refractivity contribution in [3.05, 3.63) is 12.3 Å². The Labute approximate surface area is 77.5 Å². The van der Waals surface area contributed by atoms with Crippen molar-refractivity contribution in [1.82, 2.24) is 10.2 Å². The minimum atomic E-state index is -0.732. The van der Waals surface area contributed by atoms with Gasteiger partial charge in [0.2, 0.25) is 0 Å². The molecule has 5 nitrogen and oxygen atoms in total. The highest BCUT2D eigenvalue weighted by Gasteiger charge is 2.03. The molecule has 1 fully saturated rings. The number of piperazine rings is 1. The van der Waals surface area contributed by atoms with Gasteiger partial charge in [-0.25, -0.2) is 4.79 Å². The fraction of sp³-hybridized carbons (Fsp3) is 0.625. The van der Waals surface area contributed by atoms with Crippen LogP contribution in [0.15, 0.2) is 12.3 Å². The van der Waals surface area contributed by atoms with E-state index in [4.69, 9.17) is 5.73 Å². The lowest BCUT2D eigenvalue weighted by Crippen LogP contribution is -2.40. The molecule has 74 valence electrons. The van der Waals surface area contributed by atoms with Crippen LogP contribution in [0, 0.1) is 0 Å². The van der Waals surface area contributed by atoms with Crippen molar-refractivity contribution in [3.63, 3.8) is 0 Å². The Balaban J connectivity index is 2.11. The predicted octanol–water partition coefficient (Wildman–Crippen LogP) is -0.499. The molecule has 0 radical (unpaired) electrons. The Hall–Kier alpha value is -1.23. The van der Waals surface area contributed by atoms with Gasteiger partial charge in [0.05, 0.1) is 0 Å². The molecule has 0 spiro atoms. The molecule has 0 atom stereocenters. The summed E-state index contributed by atoms with van der Waals surface area (Å²) in [7, 11) is 0. The minimum absolute atomic E-state index is 0.249. The Kier molecular flexibility index (Phi) is 4.11. The summed E-state index contributed by atoms with van der Waals surface area (Å²) in [6.45, 7) is 4.24. The number of nitrogens with zero attached hydrogens (tertiary/aromatic N) is 1. The molecule has 1 saturated heterocycles. The maximum atomic E-state index is 10.2. The van der Waals surface area contributed by atoms with E-state index in [1.165, 1.54) is 0 Å². The zero-order valence-corrected chi connectivity index (χ0v) is 7.53. The quantitative estimate of drug-likeness (QED) is 0.622. The van der Waals surface area contributed by atoms with E-state index in [0.29, 0.717) is 0 Å². The van der Waals surface area contributed by atoms with Crippen LogP contribution in [0.4, 0.5) is 4.79 Å². The van der Waals surface area contributed by atoms with Gasteiger partial charge < -0.3 is 20.7 Å². The molecular weight excluding hydrogens is 170 g/mol. The summed E-state index contributed by atoms with van der Waals surface area (Å²) in [5.74, 6) is 0. The third-order valence-corrected chi connectivity index (χ3v) is 1.79. The Bertz CT molecular complexity index is 188. The number of carbonyl (C=O) groups is 1. The number of hydrogen-bond donors (Lipinski definition) is 2. The van der Waals surface area contributed by atoms with E-state index in [-0.39, 0.29) is 6.61 Å². The highest BCUT2D eigenvalue weighted by atomic mass is 16.5. The number of nitrogens with one attached hydrogen (secondary N) is 1. The molecule has 1 amide bonds. The molecule has 0 bridgehead atoms. The van der Waals surface area contributed by atoms with Gasteiger partial charge in [-0.15, -0.1) is 0 Å². The summed E-state index contributed by atoms with van der Waals surface area (Å²) in [6, 6.07) is 0. The third kappa shape index (κ3) is 4.37. The monoisotopic (exact) mass is 185 g/mol. The largest absolute Gasteiger partial charge is 0.445 e. The number of rotatable bonds is 3. The smallest absolute Gasteiger partial charge is 0.404 e. The Morgan fingerprint density at radius 1 is 1.54 bits per heavy atom. The highest BCUT2D eigenvalue weighted by Crippen LogP contribution is 1.92. The molecule has 1 aliphatic rings. The van der Waals surface area contributed by atoms with Crippen molar-refractivity contribution in [2.45, 2.75) is 0 Å². The molecule has 1 aliphatic heterocycles. The van der Waals surface area contributed by atoms with Crippen molar-refractivity contribution in [1.29, 1.82) is 0 Å². The van der Waals surface area contributed by atoms with E-state index < -0.39 is 6.09 Å². The van der Waals surface area contributed by atoms with Crippen LogP contribution in [0.25, 0.3) is 0 Å². The van der Waals surface area contributed by atoms with E-state index in [2.05, 4.69) is 15.0 Å². The van der Waals surface area contributed by atoms with Crippen molar-refractivity contribution in [3.8, 4) is 0 Å². The van der Waals surface area contributed by atoms with E-state index in [1.807, 2.05) is 6.20 Å². The maximum Gasteiger partial charge on any atom is 0.404 e. The van der Waals surface area contributed by atoms with Gasteiger partial charge in [-0.3, -0.25) is 0 Å². The van der Waals surface area contributed by atoms with Crippen molar-refractivity contribution in [2.75, 3.05) is 32.8 Å². The first-order valence-corrected chi connectivity index (χ1v) is 4.32. The molecule has 0 aromatic carbocycles. The summed E-state index contributed by atoms with van der Waals surface area (Å²) in [5.41, 5.74) is 4.79. The van der Waals surface area contributed by atoms with Crippen LogP contribution in [0.3, 0.4) is 0 Å². The van der Waals surface area contributed by atoms with Gasteiger partial charge in [-0.05, 0) is 12.3 Å². The molecule has 0 saturated carbocycles. The highest BCUT2D eigenvalue weighted by molar-refractivity contribution is 5.64. The number of primary amides is 1. The normalized spacial score (nSPS) is 17.7. The minimum Gasteiger partial charge on any atom is -0.445 e. The first-order valence-electron chi connectivity index (χ1n) is 4.32. The second kappa shape index (κ2) is 5.42. The van der Waals surface area contributed by atoms with Gasteiger partial charge in [0.1, 0.15) is 6.61 Å². The average molecular weight is 185 g/mol. The molecule has 5 heteroatoms. The lowest BCUT2D eigenvalue weighted by molar-refractivity contribution is 0.168. The molecule has 1 heterocycles. The Morgan fingerprint density at radius 2 is 2.23 bits per heavy atom. The first kappa shape index (κ1) is 9.85. The lowest BCUT2D eigenvalue weighted by atomic mass is 10.4. The van der Waals surface area contributed by atoms with Crippen LogP contribution in [0.5, 0.6) is 0 Å². The van der Waals surface area contributed by atoms with Gasteiger partial charge >= 0.3 is 6.09 Å². The van der Waals surface area contributed by atoms with Crippen molar-refractivity contribution < 1.29 is 9.53 Å². The maximum absolute atomic E-state index is 10.2. The first-order chi connectivity index (χ1) is 6.29. The molecular formula is C8H15N3O2. The van der Waals surface area contributed by atoms with Gasteiger partial charge in [0.15, 0.2) is 0 Å². The molecule has 0 aliphatic carbocycles. The summed E-state index contributed by atoms with van der Waals surface area (Å²) >= 11 is 0. The van der Waals surface area contributed by atoms with Gasteiger partial charge in [0, 0.05) is 26.2 Å². The molecule has 13 heavy (non-hydrogen) atoms. The standard InChI is InChI=1S/C8H15N3O2/c9-8(12)13-7-1-4-11-5-2-10-3-6-11/h1,4,10H,2-3,5-7H2,(H2,9,12). The van der Waals surface area contributed by atoms with Crippen LogP contribution in [-0.2, 0) is 4.74 Å². The molecule has 3 N–H and O–H groups in total. The molecule has 0 aromatic heterocycles. The number of nitrogens with two attached hydrogens (primary N) is 1. The van der Waals surface area contributed by atoms with E-state index in [1.54, 1.807) is 6.08 Å². The summed E-state index contributed by atoms with van der Waals surface area (Å²) < 4.78 is 4.54. The molecule has 0 aromatic rings. The summed E-state index contributed by atoms with van der Waals surface area (Å²) in [5, 5.41) is 3.24.